The van der Waals surface area contributed by atoms with Gasteiger partial charge in [-0.15, -0.1) is 0 Å². The van der Waals surface area contributed by atoms with Crippen LogP contribution in [-0.2, 0) is 0 Å². The molecule has 1 saturated carbocycles. The van der Waals surface area contributed by atoms with Crippen LogP contribution < -0.4 is 4.74 Å². The third kappa shape index (κ3) is 3.26. The van der Waals surface area contributed by atoms with Crippen molar-refractivity contribution in [2.75, 3.05) is 13.7 Å². The maximum Gasteiger partial charge on any atom is 0.118 e. The number of benzene rings is 1. The molecular weight excluding hydrogens is 224 g/mol. The Labute approximate surface area is 110 Å². The van der Waals surface area contributed by atoms with E-state index in [0.717, 1.165) is 18.1 Å². The fraction of sp³-hybridized carbons (Fsp3) is 0.625. The molecule has 0 bridgehead atoms. The largest absolute Gasteiger partial charge is 0.497 e. The van der Waals surface area contributed by atoms with Gasteiger partial charge in [0.1, 0.15) is 5.75 Å². The zero-order chi connectivity index (χ0) is 12.8. The molecule has 0 amide bonds. The molecule has 2 nitrogen and oxygen atoms in total. The minimum absolute atomic E-state index is 0.285. The molecule has 1 atom stereocenters. The Morgan fingerprint density at radius 3 is 2.39 bits per heavy atom. The van der Waals surface area contributed by atoms with E-state index >= 15 is 0 Å². The zero-order valence-corrected chi connectivity index (χ0v) is 11.3. The summed E-state index contributed by atoms with van der Waals surface area (Å²) in [6.45, 7) is 0.285. The molecule has 18 heavy (non-hydrogen) atoms. The molecule has 1 aromatic carbocycles. The van der Waals surface area contributed by atoms with E-state index in [2.05, 4.69) is 12.1 Å². The normalized spacial score (nSPS) is 18.6. The van der Waals surface area contributed by atoms with Crippen LogP contribution in [0.4, 0.5) is 0 Å². The van der Waals surface area contributed by atoms with Crippen molar-refractivity contribution in [3.8, 4) is 5.75 Å². The minimum atomic E-state index is 0.285. The van der Waals surface area contributed by atoms with E-state index in [1.165, 1.54) is 37.7 Å². The predicted octanol–water partition coefficient (Wildman–Crippen LogP) is 3.74. The number of ether oxygens (including phenoxy) is 1. The topological polar surface area (TPSA) is 29.5 Å². The predicted molar refractivity (Wildman–Crippen MR) is 74.0 cm³/mol. The van der Waals surface area contributed by atoms with E-state index in [4.69, 9.17) is 4.74 Å². The third-order valence-corrected chi connectivity index (χ3v) is 4.20. The van der Waals surface area contributed by atoms with Gasteiger partial charge in [-0.3, -0.25) is 0 Å². The molecule has 1 aliphatic carbocycles. The summed E-state index contributed by atoms with van der Waals surface area (Å²) in [4.78, 5) is 0. The summed E-state index contributed by atoms with van der Waals surface area (Å²) >= 11 is 0. The Bertz CT molecular complexity index is 339. The van der Waals surface area contributed by atoms with E-state index in [-0.39, 0.29) is 6.61 Å². The number of hydrogen-bond donors (Lipinski definition) is 1. The van der Waals surface area contributed by atoms with Gasteiger partial charge in [0, 0.05) is 6.61 Å². The fourth-order valence-corrected chi connectivity index (χ4v) is 3.20. The van der Waals surface area contributed by atoms with Crippen molar-refractivity contribution in [3.63, 3.8) is 0 Å². The quantitative estimate of drug-likeness (QED) is 0.860. The first-order valence-electron chi connectivity index (χ1n) is 7.10. The number of aliphatic hydroxyl groups excluding tert-OH is 1. The van der Waals surface area contributed by atoms with Crippen LogP contribution in [0, 0.1) is 5.92 Å². The van der Waals surface area contributed by atoms with Crippen molar-refractivity contribution in [1.82, 2.24) is 0 Å². The van der Waals surface area contributed by atoms with E-state index in [9.17, 15) is 5.11 Å². The Morgan fingerprint density at radius 2 is 1.83 bits per heavy atom. The molecule has 0 radical (unpaired) electrons. The van der Waals surface area contributed by atoms with Crippen molar-refractivity contribution >= 4 is 0 Å². The summed E-state index contributed by atoms with van der Waals surface area (Å²) in [6, 6.07) is 8.38. The molecule has 2 rings (SSSR count). The molecule has 1 fully saturated rings. The SMILES string of the molecule is COc1ccc(C(CCO)C2CCCCC2)cc1. The Morgan fingerprint density at radius 1 is 1.17 bits per heavy atom. The van der Waals surface area contributed by atoms with E-state index in [1.807, 2.05) is 12.1 Å². The number of hydrogen-bond acceptors (Lipinski definition) is 2. The van der Waals surface area contributed by atoms with Gasteiger partial charge in [-0.1, -0.05) is 31.4 Å². The summed E-state index contributed by atoms with van der Waals surface area (Å²) in [5.41, 5.74) is 1.36. The summed E-state index contributed by atoms with van der Waals surface area (Å²) in [5, 5.41) is 9.30. The average molecular weight is 248 g/mol. The van der Waals surface area contributed by atoms with Crippen LogP contribution >= 0.6 is 0 Å². The van der Waals surface area contributed by atoms with Crippen LogP contribution in [0.5, 0.6) is 5.75 Å². The van der Waals surface area contributed by atoms with Gasteiger partial charge in [-0.25, -0.2) is 0 Å². The fourth-order valence-electron chi connectivity index (χ4n) is 3.20. The minimum Gasteiger partial charge on any atom is -0.497 e. The van der Waals surface area contributed by atoms with Gasteiger partial charge in [-0.05, 0) is 48.8 Å². The van der Waals surface area contributed by atoms with Crippen molar-refractivity contribution in [3.05, 3.63) is 29.8 Å². The Kier molecular flexibility index (Phi) is 5.06. The first kappa shape index (κ1) is 13.4. The van der Waals surface area contributed by atoms with Gasteiger partial charge in [0.25, 0.3) is 0 Å². The molecule has 0 spiro atoms. The molecule has 0 heterocycles. The van der Waals surface area contributed by atoms with Crippen molar-refractivity contribution in [2.24, 2.45) is 5.92 Å². The molecule has 1 aliphatic rings. The highest BCUT2D eigenvalue weighted by Crippen LogP contribution is 2.38. The highest BCUT2D eigenvalue weighted by atomic mass is 16.5. The van der Waals surface area contributed by atoms with Gasteiger partial charge in [0.2, 0.25) is 0 Å². The van der Waals surface area contributed by atoms with E-state index < -0.39 is 0 Å². The van der Waals surface area contributed by atoms with Gasteiger partial charge in [0.15, 0.2) is 0 Å². The van der Waals surface area contributed by atoms with Crippen LogP contribution in [0.15, 0.2) is 24.3 Å². The summed E-state index contributed by atoms with van der Waals surface area (Å²) in [5.74, 6) is 2.17. The molecule has 2 heteroatoms. The lowest BCUT2D eigenvalue weighted by atomic mass is 9.75. The first-order valence-corrected chi connectivity index (χ1v) is 7.10. The van der Waals surface area contributed by atoms with Crippen LogP contribution in [0.25, 0.3) is 0 Å². The third-order valence-electron chi connectivity index (χ3n) is 4.20. The summed E-state index contributed by atoms with van der Waals surface area (Å²) in [6.07, 6.45) is 7.60. The van der Waals surface area contributed by atoms with E-state index in [0.29, 0.717) is 5.92 Å². The average Bonchev–Trinajstić information content (AvgIpc) is 2.46. The Balaban J connectivity index is 2.11. The van der Waals surface area contributed by atoms with Gasteiger partial charge in [-0.2, -0.15) is 0 Å². The standard InChI is InChI=1S/C16H24O2/c1-18-15-9-7-14(8-10-15)16(11-12-17)13-5-3-2-4-6-13/h7-10,13,16-17H,2-6,11-12H2,1H3. The molecule has 0 aromatic heterocycles. The number of aliphatic hydroxyl groups is 1. The lowest BCUT2D eigenvalue weighted by Gasteiger charge is -2.30. The highest BCUT2D eigenvalue weighted by Gasteiger charge is 2.24. The monoisotopic (exact) mass is 248 g/mol. The van der Waals surface area contributed by atoms with Gasteiger partial charge < -0.3 is 9.84 Å². The van der Waals surface area contributed by atoms with E-state index in [1.54, 1.807) is 7.11 Å². The van der Waals surface area contributed by atoms with Crippen LogP contribution in [0.1, 0.15) is 50.0 Å². The molecule has 100 valence electrons. The zero-order valence-electron chi connectivity index (χ0n) is 11.3. The Hall–Kier alpha value is -1.02. The number of methoxy groups -OCH3 is 1. The van der Waals surface area contributed by atoms with Gasteiger partial charge in [0.05, 0.1) is 7.11 Å². The summed E-state index contributed by atoms with van der Waals surface area (Å²) < 4.78 is 5.20. The molecular formula is C16H24O2. The van der Waals surface area contributed by atoms with Crippen LogP contribution in [0.2, 0.25) is 0 Å². The summed E-state index contributed by atoms with van der Waals surface area (Å²) in [7, 11) is 1.70. The maximum atomic E-state index is 9.30. The van der Waals surface area contributed by atoms with Crippen molar-refractivity contribution in [1.29, 1.82) is 0 Å². The lowest BCUT2D eigenvalue weighted by molar-refractivity contribution is 0.229. The molecule has 0 saturated heterocycles. The second-order valence-electron chi connectivity index (χ2n) is 5.29. The maximum absolute atomic E-state index is 9.30. The first-order chi connectivity index (χ1) is 8.85. The van der Waals surface area contributed by atoms with Crippen molar-refractivity contribution in [2.45, 2.75) is 44.4 Å². The van der Waals surface area contributed by atoms with Gasteiger partial charge >= 0.3 is 0 Å². The smallest absolute Gasteiger partial charge is 0.118 e. The lowest BCUT2D eigenvalue weighted by Crippen LogP contribution is -2.17. The second-order valence-corrected chi connectivity index (χ2v) is 5.29. The van der Waals surface area contributed by atoms with Crippen LogP contribution in [0.3, 0.4) is 0 Å². The molecule has 1 unspecified atom stereocenters. The second kappa shape index (κ2) is 6.79. The van der Waals surface area contributed by atoms with Crippen LogP contribution in [-0.4, -0.2) is 18.8 Å². The molecule has 1 aromatic rings. The van der Waals surface area contributed by atoms with Crippen molar-refractivity contribution < 1.29 is 9.84 Å². The molecule has 1 N–H and O–H groups in total. The highest BCUT2D eigenvalue weighted by molar-refractivity contribution is 5.29. The number of rotatable bonds is 5. The molecule has 0 aliphatic heterocycles.